The molecule has 0 spiro atoms. The molecule has 1 saturated carbocycles. The van der Waals surface area contributed by atoms with Crippen LogP contribution in [0, 0.1) is 5.92 Å². The normalized spacial score (nSPS) is 18.9. The van der Waals surface area contributed by atoms with Crippen molar-refractivity contribution in [1.29, 1.82) is 0 Å². The van der Waals surface area contributed by atoms with E-state index in [1.807, 2.05) is 6.07 Å². The number of rotatable bonds is 7. The SMILES string of the molecule is CC(CO)(CCc1ccccc1)NCC1CC1. The van der Waals surface area contributed by atoms with Crippen LogP contribution in [-0.4, -0.2) is 23.8 Å². The van der Waals surface area contributed by atoms with Crippen LogP contribution >= 0.6 is 0 Å². The molecule has 1 aliphatic rings. The fourth-order valence-electron chi connectivity index (χ4n) is 2.00. The highest BCUT2D eigenvalue weighted by molar-refractivity contribution is 5.15. The summed E-state index contributed by atoms with van der Waals surface area (Å²) in [5.41, 5.74) is 1.22. The summed E-state index contributed by atoms with van der Waals surface area (Å²) in [4.78, 5) is 0. The van der Waals surface area contributed by atoms with E-state index in [1.165, 1.54) is 18.4 Å². The van der Waals surface area contributed by atoms with Crippen molar-refractivity contribution in [3.63, 3.8) is 0 Å². The molecule has 1 aliphatic carbocycles. The Hall–Kier alpha value is -0.860. The minimum absolute atomic E-state index is 0.127. The first kappa shape index (κ1) is 12.6. The van der Waals surface area contributed by atoms with Crippen molar-refractivity contribution in [2.24, 2.45) is 5.92 Å². The highest BCUT2D eigenvalue weighted by Gasteiger charge is 2.27. The average molecular weight is 233 g/mol. The van der Waals surface area contributed by atoms with Crippen molar-refractivity contribution in [1.82, 2.24) is 5.32 Å². The van der Waals surface area contributed by atoms with E-state index in [0.717, 1.165) is 25.3 Å². The molecule has 1 atom stereocenters. The van der Waals surface area contributed by atoms with E-state index in [4.69, 9.17) is 0 Å². The Kier molecular flexibility index (Phi) is 4.19. The number of aliphatic hydroxyl groups excluding tert-OH is 1. The predicted octanol–water partition coefficient (Wildman–Crippen LogP) is 2.37. The van der Waals surface area contributed by atoms with Crippen LogP contribution in [0.3, 0.4) is 0 Å². The van der Waals surface area contributed by atoms with E-state index in [1.54, 1.807) is 0 Å². The van der Waals surface area contributed by atoms with Gasteiger partial charge in [0, 0.05) is 5.54 Å². The van der Waals surface area contributed by atoms with Gasteiger partial charge in [-0.1, -0.05) is 30.3 Å². The zero-order valence-electron chi connectivity index (χ0n) is 10.7. The van der Waals surface area contributed by atoms with Crippen molar-refractivity contribution < 1.29 is 5.11 Å². The van der Waals surface area contributed by atoms with Crippen molar-refractivity contribution in [3.05, 3.63) is 35.9 Å². The van der Waals surface area contributed by atoms with Gasteiger partial charge < -0.3 is 10.4 Å². The third kappa shape index (κ3) is 4.14. The first-order valence-corrected chi connectivity index (χ1v) is 6.62. The maximum Gasteiger partial charge on any atom is 0.0610 e. The van der Waals surface area contributed by atoms with Crippen LogP contribution < -0.4 is 5.32 Å². The monoisotopic (exact) mass is 233 g/mol. The Labute approximate surface area is 104 Å². The summed E-state index contributed by atoms with van der Waals surface area (Å²) in [7, 11) is 0. The smallest absolute Gasteiger partial charge is 0.0610 e. The minimum atomic E-state index is -0.127. The number of hydrogen-bond donors (Lipinski definition) is 2. The summed E-state index contributed by atoms with van der Waals surface area (Å²) in [6.07, 6.45) is 4.72. The molecule has 2 N–H and O–H groups in total. The molecule has 1 fully saturated rings. The van der Waals surface area contributed by atoms with Gasteiger partial charge in [0.25, 0.3) is 0 Å². The fourth-order valence-corrected chi connectivity index (χ4v) is 2.00. The molecule has 1 unspecified atom stereocenters. The van der Waals surface area contributed by atoms with Crippen molar-refractivity contribution in [3.8, 4) is 0 Å². The van der Waals surface area contributed by atoms with Crippen LogP contribution in [0.15, 0.2) is 30.3 Å². The van der Waals surface area contributed by atoms with E-state index in [9.17, 15) is 5.11 Å². The standard InChI is InChI=1S/C15H23NO/c1-15(12-17,16-11-14-7-8-14)10-9-13-5-3-2-4-6-13/h2-6,14,16-17H,7-12H2,1H3. The molecule has 94 valence electrons. The van der Waals surface area contributed by atoms with Gasteiger partial charge in [-0.05, 0) is 50.6 Å². The molecule has 0 bridgehead atoms. The van der Waals surface area contributed by atoms with E-state index in [2.05, 4.69) is 36.5 Å². The number of hydrogen-bond acceptors (Lipinski definition) is 2. The summed E-state index contributed by atoms with van der Waals surface area (Å²) in [5, 5.41) is 13.1. The quantitative estimate of drug-likeness (QED) is 0.758. The molecular formula is C15H23NO. The maximum atomic E-state index is 9.53. The molecule has 0 heterocycles. The summed E-state index contributed by atoms with van der Waals surface area (Å²) >= 11 is 0. The molecule has 17 heavy (non-hydrogen) atoms. The van der Waals surface area contributed by atoms with Gasteiger partial charge in [0.05, 0.1) is 6.61 Å². The van der Waals surface area contributed by atoms with E-state index in [-0.39, 0.29) is 12.1 Å². The second-order valence-corrected chi connectivity index (χ2v) is 5.53. The van der Waals surface area contributed by atoms with Gasteiger partial charge in [0.15, 0.2) is 0 Å². The largest absolute Gasteiger partial charge is 0.394 e. The predicted molar refractivity (Wildman–Crippen MR) is 71.0 cm³/mol. The van der Waals surface area contributed by atoms with Gasteiger partial charge >= 0.3 is 0 Å². The highest BCUT2D eigenvalue weighted by Crippen LogP contribution is 2.28. The zero-order chi connectivity index (χ0) is 12.1. The Bertz CT molecular complexity index is 334. The lowest BCUT2D eigenvalue weighted by atomic mass is 9.94. The Morgan fingerprint density at radius 2 is 2.00 bits per heavy atom. The molecule has 2 nitrogen and oxygen atoms in total. The van der Waals surface area contributed by atoms with Crippen LogP contribution in [-0.2, 0) is 6.42 Å². The fraction of sp³-hybridized carbons (Fsp3) is 0.600. The molecule has 2 heteroatoms. The van der Waals surface area contributed by atoms with Crippen LogP contribution in [0.1, 0.15) is 31.7 Å². The van der Waals surface area contributed by atoms with E-state index in [0.29, 0.717) is 0 Å². The molecule has 1 aromatic carbocycles. The molecule has 0 amide bonds. The van der Waals surface area contributed by atoms with E-state index >= 15 is 0 Å². The van der Waals surface area contributed by atoms with Crippen LogP contribution in [0.2, 0.25) is 0 Å². The second-order valence-electron chi connectivity index (χ2n) is 5.53. The number of aryl methyl sites for hydroxylation is 1. The molecule has 0 aliphatic heterocycles. The molecule has 0 aromatic heterocycles. The van der Waals surface area contributed by atoms with Gasteiger partial charge in [0.2, 0.25) is 0 Å². The van der Waals surface area contributed by atoms with Crippen molar-refractivity contribution in [2.75, 3.05) is 13.2 Å². The Morgan fingerprint density at radius 1 is 1.29 bits per heavy atom. The van der Waals surface area contributed by atoms with Gasteiger partial charge in [-0.15, -0.1) is 0 Å². The third-order valence-corrected chi connectivity index (χ3v) is 3.67. The lowest BCUT2D eigenvalue weighted by Gasteiger charge is -2.29. The van der Waals surface area contributed by atoms with Gasteiger partial charge in [-0.25, -0.2) is 0 Å². The lowest BCUT2D eigenvalue weighted by Crippen LogP contribution is -2.47. The highest BCUT2D eigenvalue weighted by atomic mass is 16.3. The summed E-state index contributed by atoms with van der Waals surface area (Å²) in [6, 6.07) is 10.5. The number of aliphatic hydroxyl groups is 1. The summed E-state index contributed by atoms with van der Waals surface area (Å²) in [5.74, 6) is 0.859. The number of nitrogens with one attached hydrogen (secondary N) is 1. The van der Waals surface area contributed by atoms with Gasteiger partial charge in [-0.2, -0.15) is 0 Å². The molecular weight excluding hydrogens is 210 g/mol. The summed E-state index contributed by atoms with van der Waals surface area (Å²) in [6.45, 7) is 3.40. The van der Waals surface area contributed by atoms with Crippen molar-refractivity contribution in [2.45, 2.75) is 38.1 Å². The summed E-state index contributed by atoms with van der Waals surface area (Å²) < 4.78 is 0. The minimum Gasteiger partial charge on any atom is -0.394 e. The van der Waals surface area contributed by atoms with Crippen molar-refractivity contribution >= 4 is 0 Å². The molecule has 1 aromatic rings. The van der Waals surface area contributed by atoms with Gasteiger partial charge in [-0.3, -0.25) is 0 Å². The van der Waals surface area contributed by atoms with Crippen LogP contribution in [0.25, 0.3) is 0 Å². The first-order chi connectivity index (χ1) is 8.22. The Morgan fingerprint density at radius 3 is 2.59 bits per heavy atom. The molecule has 0 radical (unpaired) electrons. The van der Waals surface area contributed by atoms with Crippen LogP contribution in [0.4, 0.5) is 0 Å². The second kappa shape index (κ2) is 5.65. The van der Waals surface area contributed by atoms with E-state index < -0.39 is 0 Å². The third-order valence-electron chi connectivity index (χ3n) is 3.67. The van der Waals surface area contributed by atoms with Gasteiger partial charge in [0.1, 0.15) is 0 Å². The lowest BCUT2D eigenvalue weighted by molar-refractivity contribution is 0.164. The average Bonchev–Trinajstić information content (AvgIpc) is 3.19. The first-order valence-electron chi connectivity index (χ1n) is 6.62. The molecule has 0 saturated heterocycles. The Balaban J connectivity index is 1.80. The topological polar surface area (TPSA) is 32.3 Å². The van der Waals surface area contributed by atoms with Crippen LogP contribution in [0.5, 0.6) is 0 Å². The maximum absolute atomic E-state index is 9.53. The zero-order valence-corrected chi connectivity index (χ0v) is 10.7. The molecule has 2 rings (SSSR count). The number of benzene rings is 1.